The number of hydrogen-bond donors (Lipinski definition) is 1. The lowest BCUT2D eigenvalue weighted by molar-refractivity contribution is -0.141. The molecule has 0 bridgehead atoms. The van der Waals surface area contributed by atoms with Crippen molar-refractivity contribution >= 4 is 27.5 Å². The van der Waals surface area contributed by atoms with Crippen LogP contribution in [-0.4, -0.2) is 57.1 Å². The molecule has 1 N–H and O–H groups in total. The number of nitrogens with one attached hydrogen (secondary N) is 1. The van der Waals surface area contributed by atoms with Crippen molar-refractivity contribution in [2.24, 2.45) is 0 Å². The maximum Gasteiger partial charge on any atom is 0.243 e. The van der Waals surface area contributed by atoms with Gasteiger partial charge in [0.25, 0.3) is 0 Å². The monoisotopic (exact) mass is 531 g/mol. The lowest BCUT2D eigenvalue weighted by Gasteiger charge is -2.32. The molecule has 9 heteroatoms. The Labute approximate surface area is 222 Å². The fraction of sp³-hybridized carbons (Fsp3) is 0.500. The van der Waals surface area contributed by atoms with E-state index in [1.807, 2.05) is 71.0 Å². The fourth-order valence-electron chi connectivity index (χ4n) is 4.22. The lowest BCUT2D eigenvalue weighted by Crippen LogP contribution is -2.50. The third-order valence-corrected chi connectivity index (χ3v) is 7.51. The molecule has 2 rings (SSSR count). The van der Waals surface area contributed by atoms with E-state index in [-0.39, 0.29) is 37.4 Å². The van der Waals surface area contributed by atoms with Crippen molar-refractivity contribution in [3.63, 3.8) is 0 Å². The number of amides is 2. The van der Waals surface area contributed by atoms with Gasteiger partial charge in [0.05, 0.1) is 19.1 Å². The second kappa shape index (κ2) is 13.5. The molecule has 0 aliphatic rings. The van der Waals surface area contributed by atoms with Crippen LogP contribution in [0.4, 0.5) is 5.69 Å². The first-order valence-electron chi connectivity index (χ1n) is 12.7. The molecule has 2 amide bonds. The van der Waals surface area contributed by atoms with E-state index in [9.17, 15) is 18.0 Å². The van der Waals surface area contributed by atoms with E-state index in [1.165, 1.54) is 10.6 Å². The summed E-state index contributed by atoms with van der Waals surface area (Å²) in [6.07, 6.45) is 2.06. The average molecular weight is 532 g/mol. The molecule has 0 saturated heterocycles. The summed E-state index contributed by atoms with van der Waals surface area (Å²) in [4.78, 5) is 28.1. The van der Waals surface area contributed by atoms with Crippen LogP contribution in [0.1, 0.15) is 56.7 Å². The minimum Gasteiger partial charge on any atom is -0.497 e. The van der Waals surface area contributed by atoms with Gasteiger partial charge >= 0.3 is 0 Å². The van der Waals surface area contributed by atoms with Crippen molar-refractivity contribution in [3.05, 3.63) is 59.2 Å². The second-order valence-corrected chi connectivity index (χ2v) is 11.5. The van der Waals surface area contributed by atoms with E-state index in [0.717, 1.165) is 16.7 Å². The van der Waals surface area contributed by atoms with Crippen LogP contribution in [0.15, 0.2) is 42.5 Å². The summed E-state index contributed by atoms with van der Waals surface area (Å²) in [7, 11) is -1.96. The van der Waals surface area contributed by atoms with E-state index in [0.29, 0.717) is 24.3 Å². The summed E-state index contributed by atoms with van der Waals surface area (Å²) in [5.41, 5.74) is 3.37. The number of rotatable bonds is 13. The van der Waals surface area contributed by atoms with Crippen LogP contribution in [0.3, 0.4) is 0 Å². The Hall–Kier alpha value is -3.07. The molecule has 1 atom stereocenters. The van der Waals surface area contributed by atoms with Gasteiger partial charge < -0.3 is 15.0 Å². The third kappa shape index (κ3) is 8.49. The number of carbonyl (C=O) groups is 2. The number of methoxy groups -OCH3 is 1. The number of hydrogen-bond acceptors (Lipinski definition) is 5. The van der Waals surface area contributed by atoms with E-state index in [4.69, 9.17) is 4.74 Å². The van der Waals surface area contributed by atoms with Gasteiger partial charge in [-0.25, -0.2) is 8.42 Å². The molecule has 0 unspecified atom stereocenters. The highest BCUT2D eigenvalue weighted by atomic mass is 32.2. The van der Waals surface area contributed by atoms with Gasteiger partial charge in [-0.15, -0.1) is 0 Å². The molecule has 8 nitrogen and oxygen atoms in total. The van der Waals surface area contributed by atoms with Crippen molar-refractivity contribution in [2.75, 3.05) is 24.2 Å². The zero-order chi connectivity index (χ0) is 27.8. The summed E-state index contributed by atoms with van der Waals surface area (Å²) in [5.74, 6) is 0.307. The number of ether oxygens (including phenoxy) is 1. The summed E-state index contributed by atoms with van der Waals surface area (Å²) in [5, 5.41) is 2.92. The smallest absolute Gasteiger partial charge is 0.243 e. The molecule has 0 aliphatic carbocycles. The number of benzene rings is 2. The van der Waals surface area contributed by atoms with Crippen molar-refractivity contribution in [1.82, 2.24) is 10.2 Å². The van der Waals surface area contributed by atoms with Crippen LogP contribution in [0, 0.1) is 13.8 Å². The quantitative estimate of drug-likeness (QED) is 0.418. The van der Waals surface area contributed by atoms with Crippen LogP contribution in [0.2, 0.25) is 0 Å². The standard InChI is InChI=1S/C28H41N3O5S/c1-8-25(28(33)29-20(2)3)30(19-23-14-16-24(36-6)17-15-23)27(32)13-10-18-31(37(7,34)35)26-12-9-11-21(4)22(26)5/h9,11-12,14-17,20,25H,8,10,13,18-19H2,1-7H3,(H,29,33)/t25-/m1/s1. The van der Waals surface area contributed by atoms with Crippen molar-refractivity contribution in [2.45, 2.75) is 72.5 Å². The van der Waals surface area contributed by atoms with Crippen LogP contribution in [0.5, 0.6) is 5.75 Å². The predicted molar refractivity (Wildman–Crippen MR) is 148 cm³/mol. The van der Waals surface area contributed by atoms with Gasteiger partial charge in [0.2, 0.25) is 21.8 Å². The van der Waals surface area contributed by atoms with Crippen LogP contribution in [-0.2, 0) is 26.2 Å². The summed E-state index contributed by atoms with van der Waals surface area (Å²) in [6.45, 7) is 9.90. The van der Waals surface area contributed by atoms with Gasteiger partial charge in [-0.2, -0.15) is 0 Å². The maximum absolute atomic E-state index is 13.5. The molecule has 2 aromatic rings. The molecule has 0 saturated carbocycles. The average Bonchev–Trinajstić information content (AvgIpc) is 2.83. The Morgan fingerprint density at radius 2 is 1.70 bits per heavy atom. The maximum atomic E-state index is 13.5. The predicted octanol–water partition coefficient (Wildman–Crippen LogP) is 4.19. The highest BCUT2D eigenvalue weighted by Gasteiger charge is 2.29. The van der Waals surface area contributed by atoms with Crippen molar-refractivity contribution < 1.29 is 22.7 Å². The van der Waals surface area contributed by atoms with Crippen molar-refractivity contribution in [3.8, 4) is 5.75 Å². The van der Waals surface area contributed by atoms with Gasteiger partial charge in [0.15, 0.2) is 0 Å². The first kappa shape index (κ1) is 30.2. The first-order chi connectivity index (χ1) is 17.4. The van der Waals surface area contributed by atoms with Crippen LogP contribution < -0.4 is 14.4 Å². The lowest BCUT2D eigenvalue weighted by atomic mass is 10.1. The van der Waals surface area contributed by atoms with Gasteiger partial charge in [-0.05, 0) is 75.4 Å². The Morgan fingerprint density at radius 3 is 2.24 bits per heavy atom. The molecule has 0 aliphatic heterocycles. The number of nitrogens with zero attached hydrogens (tertiary/aromatic N) is 2. The summed E-state index contributed by atoms with van der Waals surface area (Å²) < 4.78 is 31.8. The zero-order valence-corrected chi connectivity index (χ0v) is 23.9. The third-order valence-electron chi connectivity index (χ3n) is 6.33. The van der Waals surface area contributed by atoms with Gasteiger partial charge in [0.1, 0.15) is 11.8 Å². The molecular weight excluding hydrogens is 490 g/mol. The van der Waals surface area contributed by atoms with Gasteiger partial charge in [-0.1, -0.05) is 31.2 Å². The fourth-order valence-corrected chi connectivity index (χ4v) is 5.23. The second-order valence-electron chi connectivity index (χ2n) is 9.61. The largest absolute Gasteiger partial charge is 0.497 e. The molecular formula is C28H41N3O5S. The normalized spacial score (nSPS) is 12.2. The molecule has 0 heterocycles. The summed E-state index contributed by atoms with van der Waals surface area (Å²) in [6, 6.07) is 12.2. The highest BCUT2D eigenvalue weighted by molar-refractivity contribution is 7.92. The minimum atomic E-state index is -3.55. The molecule has 204 valence electrons. The topological polar surface area (TPSA) is 96.0 Å². The first-order valence-corrected chi connectivity index (χ1v) is 14.5. The number of aryl methyl sites for hydroxylation is 1. The molecule has 2 aromatic carbocycles. The minimum absolute atomic E-state index is 0.0552. The zero-order valence-electron chi connectivity index (χ0n) is 23.1. The molecule has 37 heavy (non-hydrogen) atoms. The van der Waals surface area contributed by atoms with Crippen molar-refractivity contribution in [1.29, 1.82) is 0 Å². The molecule has 0 aromatic heterocycles. The Bertz CT molecular complexity index is 1160. The molecule has 0 fully saturated rings. The van der Waals surface area contributed by atoms with E-state index < -0.39 is 16.1 Å². The molecule has 0 radical (unpaired) electrons. The SMILES string of the molecule is CC[C@H](C(=O)NC(C)C)N(Cc1ccc(OC)cc1)C(=O)CCCN(c1cccc(C)c1C)S(C)(=O)=O. The highest BCUT2D eigenvalue weighted by Crippen LogP contribution is 2.26. The summed E-state index contributed by atoms with van der Waals surface area (Å²) >= 11 is 0. The van der Waals surface area contributed by atoms with E-state index in [2.05, 4.69) is 5.32 Å². The van der Waals surface area contributed by atoms with Crippen LogP contribution in [0.25, 0.3) is 0 Å². The van der Waals surface area contributed by atoms with Crippen LogP contribution >= 0.6 is 0 Å². The van der Waals surface area contributed by atoms with Gasteiger partial charge in [0, 0.05) is 25.6 Å². The van der Waals surface area contributed by atoms with E-state index in [1.54, 1.807) is 18.1 Å². The Balaban J connectivity index is 2.25. The number of anilines is 1. The van der Waals surface area contributed by atoms with Gasteiger partial charge in [-0.3, -0.25) is 13.9 Å². The Morgan fingerprint density at radius 1 is 1.05 bits per heavy atom. The number of carbonyl (C=O) groups excluding carboxylic acids is 2. The van der Waals surface area contributed by atoms with E-state index >= 15 is 0 Å². The molecule has 0 spiro atoms. The number of sulfonamides is 1. The Kier molecular flexibility index (Phi) is 11.0.